The van der Waals surface area contributed by atoms with Crippen LogP contribution >= 0.6 is 11.6 Å². The summed E-state index contributed by atoms with van der Waals surface area (Å²) in [4.78, 5) is 16.0. The number of hydrogen-bond donors (Lipinski definition) is 0. The van der Waals surface area contributed by atoms with Crippen molar-refractivity contribution >= 4 is 39.1 Å². The van der Waals surface area contributed by atoms with Gasteiger partial charge in [-0.25, -0.2) is 12.8 Å². The number of halogens is 2. The molecule has 0 saturated carbocycles. The highest BCUT2D eigenvalue weighted by atomic mass is 35.5. The van der Waals surface area contributed by atoms with E-state index in [2.05, 4.69) is 4.40 Å². The first-order valence-electron chi connectivity index (χ1n) is 8.13. The lowest BCUT2D eigenvalue weighted by Gasteiger charge is -2.32. The normalized spacial score (nSPS) is 20.8. The van der Waals surface area contributed by atoms with Crippen LogP contribution in [0.3, 0.4) is 0 Å². The molecule has 0 radical (unpaired) electrons. The van der Waals surface area contributed by atoms with Crippen molar-refractivity contribution in [2.45, 2.75) is 12.8 Å². The molecule has 9 heteroatoms. The first kappa shape index (κ1) is 17.2. The molecule has 0 atom stereocenters. The number of nitrogens with zero attached hydrogens (tertiary/aromatic N) is 3. The van der Waals surface area contributed by atoms with Gasteiger partial charge in [0.25, 0.3) is 15.9 Å². The molecule has 0 aromatic heterocycles. The minimum absolute atomic E-state index is 0.109. The van der Waals surface area contributed by atoms with Crippen molar-refractivity contribution in [3.63, 3.8) is 0 Å². The van der Waals surface area contributed by atoms with Crippen molar-refractivity contribution < 1.29 is 17.6 Å². The summed E-state index contributed by atoms with van der Waals surface area (Å²) >= 11 is 5.92. The van der Waals surface area contributed by atoms with Gasteiger partial charge in [-0.2, -0.15) is 0 Å². The lowest BCUT2D eigenvalue weighted by atomic mass is 10.00. The molecule has 0 saturated heterocycles. The second-order valence-corrected chi connectivity index (χ2v) is 8.49. The summed E-state index contributed by atoms with van der Waals surface area (Å²) in [5.41, 5.74) is 1.33. The van der Waals surface area contributed by atoms with E-state index in [1.54, 1.807) is 17.2 Å². The Kier molecular flexibility index (Phi) is 4.11. The molecule has 0 bridgehead atoms. The van der Waals surface area contributed by atoms with Crippen LogP contribution < -0.4 is 4.90 Å². The molecule has 26 heavy (non-hydrogen) atoms. The van der Waals surface area contributed by atoms with Gasteiger partial charge >= 0.3 is 0 Å². The number of rotatable bonds is 1. The molecule has 3 heterocycles. The summed E-state index contributed by atoms with van der Waals surface area (Å²) in [6.45, 7) is 0.633. The van der Waals surface area contributed by atoms with Crippen molar-refractivity contribution in [3.05, 3.63) is 52.5 Å². The van der Waals surface area contributed by atoms with Crippen LogP contribution in [-0.2, 0) is 21.2 Å². The number of sulfonamides is 1. The van der Waals surface area contributed by atoms with Crippen LogP contribution in [0.2, 0.25) is 5.02 Å². The standard InChI is InChI=1S/C17H15ClFN3O3S/c18-13-8-11-2-1-5-22(16(11)14(19)9-13)17(23)12-3-4-15-20-26(24,25)7-6-21(15)10-12/h3-4,8-10H,1-2,5-7H2. The van der Waals surface area contributed by atoms with Gasteiger partial charge in [0.15, 0.2) is 0 Å². The third-order valence-corrected chi connectivity index (χ3v) is 5.90. The average molecular weight is 396 g/mol. The fraction of sp³-hybridized carbons (Fsp3) is 0.294. The molecule has 1 amide bonds. The molecular weight excluding hydrogens is 381 g/mol. The molecule has 6 nitrogen and oxygen atoms in total. The lowest BCUT2D eigenvalue weighted by Crippen LogP contribution is -2.40. The summed E-state index contributed by atoms with van der Waals surface area (Å²) in [5.74, 6) is -0.685. The zero-order chi connectivity index (χ0) is 18.5. The molecule has 0 fully saturated rings. The van der Waals surface area contributed by atoms with E-state index < -0.39 is 15.8 Å². The molecule has 0 unspecified atom stereocenters. The average Bonchev–Trinajstić information content (AvgIpc) is 2.59. The highest BCUT2D eigenvalue weighted by molar-refractivity contribution is 7.90. The fourth-order valence-electron chi connectivity index (χ4n) is 3.34. The molecule has 136 valence electrons. The third kappa shape index (κ3) is 3.03. The SMILES string of the molecule is O=C(C1=CN2CCS(=O)(=O)N=C2C=C1)N1CCCc2cc(Cl)cc(F)c21. The summed E-state index contributed by atoms with van der Waals surface area (Å²) < 4.78 is 41.3. The third-order valence-electron chi connectivity index (χ3n) is 4.52. The number of benzene rings is 1. The van der Waals surface area contributed by atoms with Gasteiger partial charge in [0.2, 0.25) is 0 Å². The van der Waals surface area contributed by atoms with Gasteiger partial charge < -0.3 is 9.80 Å². The molecule has 1 aromatic rings. The van der Waals surface area contributed by atoms with Crippen LogP contribution in [0, 0.1) is 5.82 Å². The molecule has 0 spiro atoms. The molecule has 0 aliphatic carbocycles. The number of fused-ring (bicyclic) bond motifs is 2. The Balaban J connectivity index is 1.67. The molecule has 3 aliphatic heterocycles. The van der Waals surface area contributed by atoms with Crippen molar-refractivity contribution in [2.24, 2.45) is 4.40 Å². The number of carbonyl (C=O) groups excluding carboxylic acids is 1. The number of amidine groups is 1. The summed E-state index contributed by atoms with van der Waals surface area (Å²) in [6, 6.07) is 2.89. The lowest BCUT2D eigenvalue weighted by molar-refractivity contribution is -0.115. The largest absolute Gasteiger partial charge is 0.330 e. The van der Waals surface area contributed by atoms with Gasteiger partial charge in [-0.3, -0.25) is 4.79 Å². The maximum atomic E-state index is 14.5. The number of amides is 1. The van der Waals surface area contributed by atoms with E-state index in [4.69, 9.17) is 11.6 Å². The highest BCUT2D eigenvalue weighted by Gasteiger charge is 2.30. The first-order valence-corrected chi connectivity index (χ1v) is 10.1. The molecule has 4 rings (SSSR count). The molecule has 1 aromatic carbocycles. The van der Waals surface area contributed by atoms with E-state index in [-0.39, 0.29) is 29.7 Å². The van der Waals surface area contributed by atoms with E-state index in [0.717, 1.165) is 0 Å². The second kappa shape index (κ2) is 6.21. The van der Waals surface area contributed by atoms with Crippen LogP contribution in [0.15, 0.2) is 40.5 Å². The maximum absolute atomic E-state index is 14.5. The monoisotopic (exact) mass is 395 g/mol. The predicted molar refractivity (Wildman–Crippen MR) is 97.2 cm³/mol. The minimum atomic E-state index is -3.45. The topological polar surface area (TPSA) is 70.0 Å². The van der Waals surface area contributed by atoms with Crippen molar-refractivity contribution in [1.29, 1.82) is 0 Å². The van der Waals surface area contributed by atoms with Crippen LogP contribution in [0.5, 0.6) is 0 Å². The molecule has 3 aliphatic rings. The summed E-state index contributed by atoms with van der Waals surface area (Å²) in [5, 5.41) is 0.308. The summed E-state index contributed by atoms with van der Waals surface area (Å²) in [6.07, 6.45) is 5.95. The van der Waals surface area contributed by atoms with Crippen LogP contribution in [-0.4, -0.2) is 43.9 Å². The van der Waals surface area contributed by atoms with Crippen LogP contribution in [0.1, 0.15) is 12.0 Å². The Labute approximate surface area is 155 Å². The minimum Gasteiger partial charge on any atom is -0.330 e. The quantitative estimate of drug-likeness (QED) is 0.731. The van der Waals surface area contributed by atoms with Gasteiger partial charge in [0.1, 0.15) is 11.7 Å². The van der Waals surface area contributed by atoms with Crippen molar-refractivity contribution in [1.82, 2.24) is 4.90 Å². The van der Waals surface area contributed by atoms with E-state index in [1.165, 1.54) is 23.1 Å². The van der Waals surface area contributed by atoms with Gasteiger partial charge in [-0.15, -0.1) is 4.40 Å². The Hall–Kier alpha value is -2.19. The smallest absolute Gasteiger partial charge is 0.259 e. The summed E-state index contributed by atoms with van der Waals surface area (Å²) in [7, 11) is -3.45. The van der Waals surface area contributed by atoms with Gasteiger partial charge in [0.05, 0.1) is 17.0 Å². The number of hydrogen-bond acceptors (Lipinski definition) is 4. The van der Waals surface area contributed by atoms with E-state index in [9.17, 15) is 17.6 Å². The Morgan fingerprint density at radius 1 is 1.23 bits per heavy atom. The number of carbonyl (C=O) groups is 1. The van der Waals surface area contributed by atoms with Crippen LogP contribution in [0.4, 0.5) is 10.1 Å². The Morgan fingerprint density at radius 3 is 2.85 bits per heavy atom. The zero-order valence-corrected chi connectivity index (χ0v) is 15.2. The zero-order valence-electron chi connectivity index (χ0n) is 13.7. The highest BCUT2D eigenvalue weighted by Crippen LogP contribution is 2.34. The Bertz CT molecular complexity index is 1000. The van der Waals surface area contributed by atoms with Crippen LogP contribution in [0.25, 0.3) is 0 Å². The first-order chi connectivity index (χ1) is 12.3. The number of anilines is 1. The van der Waals surface area contributed by atoms with Crippen molar-refractivity contribution in [2.75, 3.05) is 23.7 Å². The van der Waals surface area contributed by atoms with E-state index >= 15 is 0 Å². The van der Waals surface area contributed by atoms with E-state index in [1.807, 2.05) is 0 Å². The van der Waals surface area contributed by atoms with E-state index in [0.29, 0.717) is 35.5 Å². The van der Waals surface area contributed by atoms with Crippen molar-refractivity contribution in [3.8, 4) is 0 Å². The van der Waals surface area contributed by atoms with Gasteiger partial charge in [-0.05, 0) is 42.7 Å². The molecule has 0 N–H and O–H groups in total. The maximum Gasteiger partial charge on any atom is 0.259 e. The predicted octanol–water partition coefficient (Wildman–Crippen LogP) is 2.26. The molecular formula is C17H15ClFN3O3S. The second-order valence-electron chi connectivity index (χ2n) is 6.30. The number of aryl methyl sites for hydroxylation is 1. The van der Waals surface area contributed by atoms with Gasteiger partial charge in [-0.1, -0.05) is 11.6 Å². The fourth-order valence-corrected chi connectivity index (χ4v) is 4.53. The van der Waals surface area contributed by atoms with Gasteiger partial charge in [0, 0.05) is 24.3 Å². The Morgan fingerprint density at radius 2 is 2.04 bits per heavy atom.